The Balaban J connectivity index is 1.54. The number of esters is 1. The van der Waals surface area contributed by atoms with Gasteiger partial charge in [-0.25, -0.2) is 4.79 Å². The highest BCUT2D eigenvalue weighted by Gasteiger charge is 2.13. The Labute approximate surface area is 233 Å². The van der Waals surface area contributed by atoms with Crippen LogP contribution < -0.4 is 0 Å². The van der Waals surface area contributed by atoms with Crippen molar-refractivity contribution in [2.24, 2.45) is 0 Å². The first-order chi connectivity index (χ1) is 19.1. The molecule has 2 heterocycles. The van der Waals surface area contributed by atoms with Gasteiger partial charge in [0.2, 0.25) is 0 Å². The Bertz CT molecular complexity index is 975. The van der Waals surface area contributed by atoms with Gasteiger partial charge in [0.1, 0.15) is 0 Å². The van der Waals surface area contributed by atoms with Gasteiger partial charge in [-0.05, 0) is 43.2 Å². The number of nitrogens with zero attached hydrogens (tertiary/aromatic N) is 3. The van der Waals surface area contributed by atoms with Crippen LogP contribution in [0.25, 0.3) is 0 Å². The van der Waals surface area contributed by atoms with E-state index in [9.17, 15) is 4.79 Å². The maximum Gasteiger partial charge on any atom is 0.337 e. The maximum absolute atomic E-state index is 11.9. The topological polar surface area (TPSA) is 82.6 Å². The van der Waals surface area contributed by atoms with Gasteiger partial charge in [0.05, 0.1) is 70.7 Å². The van der Waals surface area contributed by atoms with Gasteiger partial charge in [0, 0.05) is 45.0 Å². The van der Waals surface area contributed by atoms with E-state index in [-0.39, 0.29) is 12.1 Å². The molecule has 39 heavy (non-hydrogen) atoms. The summed E-state index contributed by atoms with van der Waals surface area (Å²) in [4.78, 5) is 21.2. The number of aryl methyl sites for hydroxylation is 1. The molecule has 1 aromatic heterocycles. The van der Waals surface area contributed by atoms with Crippen molar-refractivity contribution < 1.29 is 28.5 Å². The van der Waals surface area contributed by atoms with Gasteiger partial charge in [0.25, 0.3) is 0 Å². The molecule has 1 saturated heterocycles. The van der Waals surface area contributed by atoms with Gasteiger partial charge in [-0.3, -0.25) is 14.8 Å². The Hall–Kier alpha value is -2.40. The van der Waals surface area contributed by atoms with E-state index in [1.165, 1.54) is 7.11 Å². The van der Waals surface area contributed by atoms with Crippen molar-refractivity contribution in [2.45, 2.75) is 39.5 Å². The van der Waals surface area contributed by atoms with Crippen LogP contribution in [0.3, 0.4) is 0 Å². The molecule has 1 aromatic carbocycles. The molecular weight excluding hydrogens is 498 g/mol. The summed E-state index contributed by atoms with van der Waals surface area (Å²) in [5, 5.41) is 0. The maximum atomic E-state index is 11.9. The molecule has 9 heteroatoms. The van der Waals surface area contributed by atoms with Gasteiger partial charge in [-0.15, -0.1) is 0 Å². The van der Waals surface area contributed by atoms with Crippen molar-refractivity contribution >= 4 is 5.97 Å². The van der Waals surface area contributed by atoms with E-state index in [0.29, 0.717) is 58.4 Å². The molecule has 1 fully saturated rings. The number of hydrogen-bond donors (Lipinski definition) is 0. The average Bonchev–Trinajstić information content (AvgIpc) is 2.94. The standard InChI is InChI=1S/C30H45N3O6/c1-4-29-24-38-17-13-32(22-26-8-6-9-27(21-26)30(34)35-3)11-15-36-19-20-37-16-12-33(14-18-39-29)23-28-10-5-7-25(2)31-28/h5-10,21,29H,4,11-20,22-24H2,1-3H3. The first-order valence-corrected chi connectivity index (χ1v) is 14.0. The molecule has 1 aliphatic rings. The fraction of sp³-hybridized carbons (Fsp3) is 0.600. The highest BCUT2D eigenvalue weighted by atomic mass is 16.5. The molecule has 1 aliphatic heterocycles. The summed E-state index contributed by atoms with van der Waals surface area (Å²) in [6.07, 6.45) is 0.938. The summed E-state index contributed by atoms with van der Waals surface area (Å²) >= 11 is 0. The lowest BCUT2D eigenvalue weighted by molar-refractivity contribution is -0.0343. The summed E-state index contributed by atoms with van der Waals surface area (Å²) in [5.74, 6) is -0.330. The zero-order valence-corrected chi connectivity index (χ0v) is 23.8. The molecule has 0 N–H and O–H groups in total. The van der Waals surface area contributed by atoms with Crippen LogP contribution in [0.15, 0.2) is 42.5 Å². The number of pyridine rings is 1. The Morgan fingerprint density at radius 3 is 2.26 bits per heavy atom. The van der Waals surface area contributed by atoms with Crippen LogP contribution in [0.1, 0.15) is 40.7 Å². The Morgan fingerprint density at radius 1 is 0.897 bits per heavy atom. The second kappa shape index (κ2) is 18.0. The smallest absolute Gasteiger partial charge is 0.337 e. The molecule has 3 rings (SSSR count). The lowest BCUT2D eigenvalue weighted by Gasteiger charge is -2.25. The van der Waals surface area contributed by atoms with E-state index < -0.39 is 0 Å². The second-order valence-corrected chi connectivity index (χ2v) is 9.72. The van der Waals surface area contributed by atoms with Crippen LogP contribution in [0.2, 0.25) is 0 Å². The first-order valence-electron chi connectivity index (χ1n) is 14.0. The summed E-state index contributed by atoms with van der Waals surface area (Å²) < 4.78 is 28.8. The molecule has 1 unspecified atom stereocenters. The zero-order valence-electron chi connectivity index (χ0n) is 23.8. The number of carbonyl (C=O) groups is 1. The molecule has 0 aliphatic carbocycles. The Kier molecular flexibility index (Phi) is 14.4. The van der Waals surface area contributed by atoms with Crippen LogP contribution in [-0.4, -0.2) is 106 Å². The Morgan fingerprint density at radius 2 is 1.56 bits per heavy atom. The molecule has 0 spiro atoms. The van der Waals surface area contributed by atoms with Gasteiger partial charge in [-0.1, -0.05) is 25.1 Å². The lowest BCUT2D eigenvalue weighted by atomic mass is 10.1. The van der Waals surface area contributed by atoms with Crippen molar-refractivity contribution in [1.82, 2.24) is 14.8 Å². The minimum Gasteiger partial charge on any atom is -0.465 e. The SMILES string of the molecule is CCC1COCCN(Cc2cccc(C(=O)OC)c2)CCOCCOCCN(Cc2cccc(C)n2)CCO1. The third-order valence-electron chi connectivity index (χ3n) is 6.63. The summed E-state index contributed by atoms with van der Waals surface area (Å²) in [7, 11) is 1.40. The highest BCUT2D eigenvalue weighted by molar-refractivity contribution is 5.89. The minimum absolute atomic E-state index is 0.0487. The van der Waals surface area contributed by atoms with Crippen molar-refractivity contribution in [3.8, 4) is 0 Å². The third-order valence-corrected chi connectivity index (χ3v) is 6.63. The number of carbonyl (C=O) groups excluding carboxylic acids is 1. The van der Waals surface area contributed by atoms with Crippen LogP contribution in [0, 0.1) is 6.92 Å². The number of methoxy groups -OCH3 is 1. The van der Waals surface area contributed by atoms with Crippen molar-refractivity contribution in [1.29, 1.82) is 0 Å². The number of aromatic nitrogens is 1. The average molecular weight is 544 g/mol. The lowest BCUT2D eigenvalue weighted by Crippen LogP contribution is -2.34. The number of ether oxygens (including phenoxy) is 5. The molecule has 1 atom stereocenters. The quantitative estimate of drug-likeness (QED) is 0.510. The molecule has 2 aromatic rings. The van der Waals surface area contributed by atoms with Gasteiger partial charge >= 0.3 is 5.97 Å². The monoisotopic (exact) mass is 543 g/mol. The minimum atomic E-state index is -0.330. The number of benzene rings is 1. The van der Waals surface area contributed by atoms with E-state index in [1.807, 2.05) is 31.2 Å². The third kappa shape index (κ3) is 12.1. The van der Waals surface area contributed by atoms with Gasteiger partial charge < -0.3 is 23.7 Å². The van der Waals surface area contributed by atoms with Crippen molar-refractivity contribution in [3.05, 3.63) is 65.0 Å². The normalized spacial score (nSPS) is 20.1. The molecule has 0 saturated carbocycles. The molecule has 0 amide bonds. The largest absolute Gasteiger partial charge is 0.465 e. The second-order valence-electron chi connectivity index (χ2n) is 9.72. The number of rotatable bonds is 6. The van der Waals surface area contributed by atoms with Crippen LogP contribution in [0.4, 0.5) is 0 Å². The summed E-state index contributed by atoms with van der Waals surface area (Å²) in [5.41, 5.74) is 3.67. The summed E-state index contributed by atoms with van der Waals surface area (Å²) in [6, 6.07) is 13.7. The zero-order chi connectivity index (χ0) is 27.7. The molecule has 9 nitrogen and oxygen atoms in total. The van der Waals surface area contributed by atoms with E-state index in [2.05, 4.69) is 33.8 Å². The number of hydrogen-bond acceptors (Lipinski definition) is 9. The van der Waals surface area contributed by atoms with Crippen molar-refractivity contribution in [2.75, 3.05) is 79.5 Å². The molecule has 0 bridgehead atoms. The molecule has 216 valence electrons. The van der Waals surface area contributed by atoms with Gasteiger partial charge in [0.15, 0.2) is 0 Å². The van der Waals surface area contributed by atoms with Crippen molar-refractivity contribution in [3.63, 3.8) is 0 Å². The van der Waals surface area contributed by atoms with Crippen LogP contribution >= 0.6 is 0 Å². The van der Waals surface area contributed by atoms with E-state index >= 15 is 0 Å². The fourth-order valence-electron chi connectivity index (χ4n) is 4.38. The summed E-state index contributed by atoms with van der Waals surface area (Å²) in [6.45, 7) is 12.8. The predicted octanol–water partition coefficient (Wildman–Crippen LogP) is 3.34. The van der Waals surface area contributed by atoms with Gasteiger partial charge in [-0.2, -0.15) is 0 Å². The van der Waals surface area contributed by atoms with Crippen LogP contribution in [0.5, 0.6) is 0 Å². The predicted molar refractivity (Wildman–Crippen MR) is 150 cm³/mol. The van der Waals surface area contributed by atoms with Crippen LogP contribution in [-0.2, 0) is 36.8 Å². The van der Waals surface area contributed by atoms with E-state index in [1.54, 1.807) is 6.07 Å². The molecular formula is C30H45N3O6. The highest BCUT2D eigenvalue weighted by Crippen LogP contribution is 2.11. The van der Waals surface area contributed by atoms with E-state index in [4.69, 9.17) is 23.7 Å². The first kappa shape index (κ1) is 31.1. The molecule has 0 radical (unpaired) electrons. The fourth-order valence-corrected chi connectivity index (χ4v) is 4.38. The van der Waals surface area contributed by atoms with E-state index in [0.717, 1.165) is 56.1 Å².